The van der Waals surface area contributed by atoms with E-state index in [0.717, 1.165) is 19.3 Å². The molecule has 140 valence electrons. The van der Waals surface area contributed by atoms with Crippen molar-refractivity contribution in [1.82, 2.24) is 14.7 Å². The van der Waals surface area contributed by atoms with Crippen LogP contribution < -0.4 is 10.6 Å². The largest absolute Gasteiger partial charge is 0.351 e. The number of imidazole rings is 1. The molecule has 6 nitrogen and oxygen atoms in total. The van der Waals surface area contributed by atoms with Crippen LogP contribution >= 0.6 is 11.6 Å². The zero-order valence-corrected chi connectivity index (χ0v) is 15.8. The summed E-state index contributed by atoms with van der Waals surface area (Å²) in [6.07, 6.45) is 4.77. The molecule has 0 atom stereocenters. The third kappa shape index (κ3) is 4.46. The molecule has 0 spiro atoms. The molecule has 0 aliphatic heterocycles. The van der Waals surface area contributed by atoms with E-state index in [4.69, 9.17) is 11.6 Å². The molecule has 0 saturated heterocycles. The Labute approximate surface area is 162 Å². The van der Waals surface area contributed by atoms with Crippen LogP contribution in [-0.4, -0.2) is 27.7 Å². The first-order chi connectivity index (χ1) is 13.1. The maximum atomic E-state index is 12.7. The lowest BCUT2D eigenvalue weighted by Gasteiger charge is -2.04. The van der Waals surface area contributed by atoms with Gasteiger partial charge < -0.3 is 10.6 Å². The topological polar surface area (TPSA) is 75.5 Å². The average Bonchev–Trinajstić information content (AvgIpc) is 3.07. The summed E-state index contributed by atoms with van der Waals surface area (Å²) in [5.74, 6) is -0.525. The molecule has 27 heavy (non-hydrogen) atoms. The number of anilines is 1. The quantitative estimate of drug-likeness (QED) is 0.600. The average molecular weight is 385 g/mol. The lowest BCUT2D eigenvalue weighted by molar-refractivity contribution is 0.0950. The van der Waals surface area contributed by atoms with Crippen LogP contribution in [0.15, 0.2) is 48.7 Å². The SMILES string of the molecule is CCCCCNC(=O)c1nc(C(=O)Nc2ccc(Cl)cc2)n2ccccc12. The predicted molar refractivity (Wildman–Crippen MR) is 106 cm³/mol. The number of carbonyl (C=O) groups excluding carboxylic acids is 2. The van der Waals surface area contributed by atoms with Crippen LogP contribution in [0.1, 0.15) is 47.3 Å². The van der Waals surface area contributed by atoms with Gasteiger partial charge in [0.2, 0.25) is 5.82 Å². The monoisotopic (exact) mass is 384 g/mol. The minimum Gasteiger partial charge on any atom is -0.351 e. The van der Waals surface area contributed by atoms with Gasteiger partial charge in [0.05, 0.1) is 5.52 Å². The van der Waals surface area contributed by atoms with E-state index < -0.39 is 5.91 Å². The van der Waals surface area contributed by atoms with Crippen molar-refractivity contribution < 1.29 is 9.59 Å². The number of hydrogen-bond donors (Lipinski definition) is 2. The molecule has 2 amide bonds. The van der Waals surface area contributed by atoms with E-state index in [1.807, 2.05) is 6.07 Å². The van der Waals surface area contributed by atoms with Gasteiger partial charge in [-0.1, -0.05) is 37.4 Å². The number of fused-ring (bicyclic) bond motifs is 1. The fourth-order valence-corrected chi connectivity index (χ4v) is 2.87. The highest BCUT2D eigenvalue weighted by atomic mass is 35.5. The smallest absolute Gasteiger partial charge is 0.292 e. The first kappa shape index (κ1) is 18.9. The van der Waals surface area contributed by atoms with Gasteiger partial charge >= 0.3 is 0 Å². The maximum absolute atomic E-state index is 12.7. The molecule has 1 aromatic carbocycles. The molecule has 3 rings (SSSR count). The lowest BCUT2D eigenvalue weighted by atomic mass is 10.2. The van der Waals surface area contributed by atoms with Crippen LogP contribution in [0.25, 0.3) is 5.52 Å². The molecule has 2 aromatic heterocycles. The van der Waals surface area contributed by atoms with E-state index in [9.17, 15) is 9.59 Å². The van der Waals surface area contributed by atoms with Crippen molar-refractivity contribution in [2.45, 2.75) is 26.2 Å². The van der Waals surface area contributed by atoms with Crippen LogP contribution in [0.4, 0.5) is 5.69 Å². The van der Waals surface area contributed by atoms with Gasteiger partial charge in [-0.05, 0) is 42.8 Å². The Morgan fingerprint density at radius 3 is 2.59 bits per heavy atom. The zero-order chi connectivity index (χ0) is 19.2. The number of amides is 2. The summed E-state index contributed by atoms with van der Waals surface area (Å²) in [5.41, 5.74) is 1.43. The summed E-state index contributed by atoms with van der Waals surface area (Å²) in [6.45, 7) is 2.70. The lowest BCUT2D eigenvalue weighted by Crippen LogP contribution is -2.25. The van der Waals surface area contributed by atoms with Gasteiger partial charge in [0, 0.05) is 23.5 Å². The number of halogens is 1. The van der Waals surface area contributed by atoms with Crippen molar-refractivity contribution in [3.63, 3.8) is 0 Å². The van der Waals surface area contributed by atoms with Gasteiger partial charge in [-0.2, -0.15) is 0 Å². The number of benzene rings is 1. The number of carbonyl (C=O) groups is 2. The Morgan fingerprint density at radius 1 is 1.07 bits per heavy atom. The van der Waals surface area contributed by atoms with Crippen molar-refractivity contribution in [2.75, 3.05) is 11.9 Å². The number of aromatic nitrogens is 2. The third-order valence-corrected chi connectivity index (χ3v) is 4.39. The summed E-state index contributed by atoms with van der Waals surface area (Å²) in [4.78, 5) is 29.5. The highest BCUT2D eigenvalue weighted by Crippen LogP contribution is 2.17. The molecule has 0 bridgehead atoms. The van der Waals surface area contributed by atoms with Crippen molar-refractivity contribution in [2.24, 2.45) is 0 Å². The van der Waals surface area contributed by atoms with Crippen LogP contribution in [0.3, 0.4) is 0 Å². The molecule has 2 N–H and O–H groups in total. The molecular formula is C20H21ClN4O2. The van der Waals surface area contributed by atoms with Crippen LogP contribution in [0, 0.1) is 0 Å². The van der Waals surface area contributed by atoms with E-state index in [-0.39, 0.29) is 17.4 Å². The van der Waals surface area contributed by atoms with Crippen molar-refractivity contribution >= 4 is 34.6 Å². The molecular weight excluding hydrogens is 364 g/mol. The second-order valence-corrected chi connectivity index (χ2v) is 6.60. The molecule has 0 radical (unpaired) electrons. The summed E-state index contributed by atoms with van der Waals surface area (Å²) in [7, 11) is 0. The standard InChI is InChI=1S/C20H21ClN4O2/c1-2-3-5-12-22-19(26)17-16-7-4-6-13-25(16)18(24-17)20(27)23-15-10-8-14(21)9-11-15/h4,6-11,13H,2-3,5,12H2,1H3,(H,22,26)(H,23,27). The molecule has 0 unspecified atom stereocenters. The van der Waals surface area contributed by atoms with E-state index in [0.29, 0.717) is 22.8 Å². The normalized spacial score (nSPS) is 10.7. The highest BCUT2D eigenvalue weighted by Gasteiger charge is 2.21. The Hall–Kier alpha value is -2.86. The summed E-state index contributed by atoms with van der Waals surface area (Å²) >= 11 is 5.87. The summed E-state index contributed by atoms with van der Waals surface area (Å²) < 4.78 is 1.62. The van der Waals surface area contributed by atoms with Crippen LogP contribution in [0.2, 0.25) is 5.02 Å². The second-order valence-electron chi connectivity index (χ2n) is 6.16. The van der Waals surface area contributed by atoms with Crippen LogP contribution in [-0.2, 0) is 0 Å². The number of unbranched alkanes of at least 4 members (excludes halogenated alkanes) is 2. The van der Waals surface area contributed by atoms with Crippen LogP contribution in [0.5, 0.6) is 0 Å². The molecule has 0 aliphatic carbocycles. The Kier molecular flexibility index (Phi) is 6.08. The van der Waals surface area contributed by atoms with E-state index in [2.05, 4.69) is 22.5 Å². The van der Waals surface area contributed by atoms with Gasteiger partial charge in [0.15, 0.2) is 5.69 Å². The van der Waals surface area contributed by atoms with E-state index >= 15 is 0 Å². The molecule has 0 fully saturated rings. The highest BCUT2D eigenvalue weighted by molar-refractivity contribution is 6.30. The second kappa shape index (κ2) is 8.68. The van der Waals surface area contributed by atoms with Gasteiger partial charge in [-0.25, -0.2) is 4.98 Å². The van der Waals surface area contributed by atoms with Gasteiger partial charge in [0.25, 0.3) is 11.8 Å². The summed E-state index contributed by atoms with van der Waals surface area (Å²) in [5, 5.41) is 6.23. The zero-order valence-electron chi connectivity index (χ0n) is 15.0. The van der Waals surface area contributed by atoms with E-state index in [1.54, 1.807) is 47.0 Å². The van der Waals surface area contributed by atoms with E-state index in [1.165, 1.54) is 0 Å². The van der Waals surface area contributed by atoms with Crippen molar-refractivity contribution in [1.29, 1.82) is 0 Å². The third-order valence-electron chi connectivity index (χ3n) is 4.13. The number of hydrogen-bond acceptors (Lipinski definition) is 3. The predicted octanol–water partition coefficient (Wildman–Crippen LogP) is 4.16. The molecule has 0 aliphatic rings. The first-order valence-electron chi connectivity index (χ1n) is 8.92. The fraction of sp³-hybridized carbons (Fsp3) is 0.250. The minimum atomic E-state index is -0.399. The van der Waals surface area contributed by atoms with Gasteiger partial charge in [0.1, 0.15) is 0 Å². The maximum Gasteiger partial charge on any atom is 0.292 e. The minimum absolute atomic E-state index is 0.152. The van der Waals surface area contributed by atoms with Gasteiger partial charge in [-0.15, -0.1) is 0 Å². The van der Waals surface area contributed by atoms with Gasteiger partial charge in [-0.3, -0.25) is 14.0 Å². The molecule has 7 heteroatoms. The number of rotatable bonds is 7. The molecule has 3 aromatic rings. The van der Waals surface area contributed by atoms with Crippen molar-refractivity contribution in [3.05, 3.63) is 65.2 Å². The Bertz CT molecular complexity index is 950. The number of nitrogens with zero attached hydrogens (tertiary/aromatic N) is 2. The number of pyridine rings is 1. The molecule has 0 saturated carbocycles. The molecule has 2 heterocycles. The van der Waals surface area contributed by atoms with Crippen molar-refractivity contribution in [3.8, 4) is 0 Å². The fourth-order valence-electron chi connectivity index (χ4n) is 2.75. The Morgan fingerprint density at radius 2 is 1.85 bits per heavy atom. The Balaban J connectivity index is 1.84. The number of nitrogens with one attached hydrogen (secondary N) is 2. The first-order valence-corrected chi connectivity index (χ1v) is 9.30. The summed E-state index contributed by atoms with van der Waals surface area (Å²) in [6, 6.07) is 12.2.